The van der Waals surface area contributed by atoms with Gasteiger partial charge in [0.1, 0.15) is 5.75 Å². The fourth-order valence-corrected chi connectivity index (χ4v) is 3.19. The average Bonchev–Trinajstić information content (AvgIpc) is 3.11. The van der Waals surface area contributed by atoms with Gasteiger partial charge in [0, 0.05) is 18.1 Å². The van der Waals surface area contributed by atoms with E-state index in [2.05, 4.69) is 24.9 Å². The maximum atomic E-state index is 12.4. The summed E-state index contributed by atoms with van der Waals surface area (Å²) in [4.78, 5) is 10.1. The van der Waals surface area contributed by atoms with Crippen molar-refractivity contribution in [3.8, 4) is 5.75 Å². The summed E-state index contributed by atoms with van der Waals surface area (Å²) >= 11 is 0. The van der Waals surface area contributed by atoms with E-state index in [-0.39, 0.29) is 27.7 Å². The van der Waals surface area contributed by atoms with Gasteiger partial charge < -0.3 is 15.4 Å². The lowest BCUT2D eigenvalue weighted by Gasteiger charge is -2.13. The predicted octanol–water partition coefficient (Wildman–Crippen LogP) is 3.21. The van der Waals surface area contributed by atoms with Gasteiger partial charge in [-0.2, -0.15) is 0 Å². The van der Waals surface area contributed by atoms with Crippen molar-refractivity contribution < 1.29 is 13.5 Å². The third-order valence-electron chi connectivity index (χ3n) is 3.27. The van der Waals surface area contributed by atoms with E-state index in [0.717, 1.165) is 0 Å². The predicted molar refractivity (Wildman–Crippen MR) is 93.5 cm³/mol. The van der Waals surface area contributed by atoms with Crippen LogP contribution < -0.4 is 10.0 Å². The number of anilines is 3. The number of hydrogen-bond acceptors (Lipinski definition) is 5. The Bertz CT molecular complexity index is 1030. The number of hydrogen-bond donors (Lipinski definition) is 4. The van der Waals surface area contributed by atoms with E-state index in [0.29, 0.717) is 5.95 Å². The highest BCUT2D eigenvalue weighted by Gasteiger charge is 2.17. The maximum Gasteiger partial charge on any atom is 0.261 e. The number of phenols is 1. The molecule has 0 unspecified atom stereocenters. The highest BCUT2D eigenvalue weighted by Crippen LogP contribution is 2.39. The van der Waals surface area contributed by atoms with E-state index < -0.39 is 10.0 Å². The van der Waals surface area contributed by atoms with E-state index in [1.165, 1.54) is 30.5 Å². The van der Waals surface area contributed by atoms with Gasteiger partial charge in [0.25, 0.3) is 10.0 Å². The van der Waals surface area contributed by atoms with Crippen LogP contribution in [-0.2, 0) is 10.0 Å². The normalized spacial score (nSPS) is 10.8. The third-order valence-corrected chi connectivity index (χ3v) is 4.66. The van der Waals surface area contributed by atoms with Crippen LogP contribution in [0.1, 0.15) is 0 Å². The van der Waals surface area contributed by atoms with Crippen LogP contribution in [0.3, 0.4) is 0 Å². The molecule has 9 heteroatoms. The van der Waals surface area contributed by atoms with Crippen LogP contribution in [0.4, 0.5) is 23.0 Å². The molecule has 25 heavy (non-hydrogen) atoms. The quantitative estimate of drug-likeness (QED) is 0.319. The summed E-state index contributed by atoms with van der Waals surface area (Å²) in [7, 11) is -3.82. The number of sulfonamides is 1. The van der Waals surface area contributed by atoms with Gasteiger partial charge in [0.2, 0.25) is 11.6 Å². The van der Waals surface area contributed by atoms with Gasteiger partial charge in [0.05, 0.1) is 17.2 Å². The number of benzene rings is 2. The summed E-state index contributed by atoms with van der Waals surface area (Å²) in [6.45, 7) is 7.16. The van der Waals surface area contributed by atoms with Gasteiger partial charge in [-0.05, 0) is 24.3 Å². The molecular formula is C16H13N5O3S. The first-order valence-electron chi connectivity index (χ1n) is 7.08. The van der Waals surface area contributed by atoms with Crippen LogP contribution in [0.25, 0.3) is 4.85 Å². The fourth-order valence-electron chi connectivity index (χ4n) is 2.13. The number of rotatable bonds is 5. The molecule has 0 amide bonds. The number of aromatic hydroxyl groups is 1. The van der Waals surface area contributed by atoms with E-state index in [9.17, 15) is 13.5 Å². The largest absolute Gasteiger partial charge is 0.517 e. The smallest absolute Gasteiger partial charge is 0.261 e. The first-order chi connectivity index (χ1) is 12.0. The number of imidazole rings is 1. The van der Waals surface area contributed by atoms with Crippen LogP contribution in [0, 0.1) is 6.57 Å². The van der Waals surface area contributed by atoms with Gasteiger partial charge in [0.15, 0.2) is 0 Å². The standard InChI is InChI=1S/C16H13N5O3S/c1-17-13-9-11(21-25(23,24)12-5-3-2-4-6-12)10-14(15(13)22)20-16-18-7-8-19-16/h2-10,21-22H,(H2,18,19,20). The fraction of sp³-hybridized carbons (Fsp3) is 0. The zero-order valence-electron chi connectivity index (χ0n) is 12.8. The Labute approximate surface area is 144 Å². The monoisotopic (exact) mass is 355 g/mol. The number of aromatic nitrogens is 2. The summed E-state index contributed by atoms with van der Waals surface area (Å²) < 4.78 is 27.3. The van der Waals surface area contributed by atoms with Gasteiger partial charge in [-0.1, -0.05) is 18.2 Å². The highest BCUT2D eigenvalue weighted by molar-refractivity contribution is 7.92. The van der Waals surface area contributed by atoms with E-state index >= 15 is 0 Å². The first-order valence-corrected chi connectivity index (χ1v) is 8.56. The van der Waals surface area contributed by atoms with Crippen molar-refractivity contribution in [1.29, 1.82) is 0 Å². The minimum Gasteiger partial charge on any atom is -0.517 e. The second-order valence-electron chi connectivity index (χ2n) is 4.98. The molecule has 0 spiro atoms. The summed E-state index contributed by atoms with van der Waals surface area (Å²) in [6.07, 6.45) is 3.09. The maximum absolute atomic E-state index is 12.4. The molecule has 0 fully saturated rings. The minimum atomic E-state index is -3.82. The molecule has 2 aromatic carbocycles. The van der Waals surface area contributed by atoms with Crippen molar-refractivity contribution in [3.63, 3.8) is 0 Å². The number of H-pyrrole nitrogens is 1. The molecule has 1 aromatic heterocycles. The Morgan fingerprint density at radius 2 is 1.96 bits per heavy atom. The summed E-state index contributed by atoms with van der Waals surface area (Å²) in [5.41, 5.74) is 0.193. The van der Waals surface area contributed by atoms with Crippen molar-refractivity contribution in [2.24, 2.45) is 0 Å². The molecule has 4 N–H and O–H groups in total. The topological polar surface area (TPSA) is 111 Å². The lowest BCUT2D eigenvalue weighted by Crippen LogP contribution is -2.12. The molecule has 0 aliphatic carbocycles. The second kappa shape index (κ2) is 6.54. The van der Waals surface area contributed by atoms with E-state index in [1.807, 2.05) is 0 Å². The average molecular weight is 355 g/mol. The van der Waals surface area contributed by atoms with Crippen LogP contribution in [0.2, 0.25) is 0 Å². The molecule has 0 saturated heterocycles. The molecule has 0 saturated carbocycles. The van der Waals surface area contributed by atoms with Gasteiger partial charge in [-0.25, -0.2) is 18.2 Å². The van der Waals surface area contributed by atoms with Crippen LogP contribution in [0.5, 0.6) is 5.75 Å². The van der Waals surface area contributed by atoms with Gasteiger partial charge >= 0.3 is 0 Å². The Balaban J connectivity index is 1.98. The van der Waals surface area contributed by atoms with Crippen molar-refractivity contribution in [3.05, 3.63) is 66.3 Å². The summed E-state index contributed by atoms with van der Waals surface area (Å²) in [6, 6.07) is 10.5. The number of nitrogens with zero attached hydrogens (tertiary/aromatic N) is 2. The van der Waals surface area contributed by atoms with E-state index in [1.54, 1.807) is 24.4 Å². The molecular weight excluding hydrogens is 342 g/mol. The second-order valence-corrected chi connectivity index (χ2v) is 6.67. The van der Waals surface area contributed by atoms with Gasteiger partial charge in [-0.15, -0.1) is 0 Å². The molecule has 8 nitrogen and oxygen atoms in total. The molecule has 0 aliphatic heterocycles. The Kier molecular flexibility index (Phi) is 4.28. The zero-order chi connectivity index (χ0) is 17.9. The molecule has 0 bridgehead atoms. The molecule has 3 aromatic rings. The molecule has 0 atom stereocenters. The number of aromatic amines is 1. The summed E-state index contributed by atoms with van der Waals surface area (Å²) in [5, 5.41) is 12.9. The lowest BCUT2D eigenvalue weighted by atomic mass is 10.2. The Morgan fingerprint density at radius 1 is 1.20 bits per heavy atom. The number of phenolic OH excluding ortho intramolecular Hbond substituents is 1. The van der Waals surface area contributed by atoms with Gasteiger partial charge in [-0.3, -0.25) is 4.72 Å². The van der Waals surface area contributed by atoms with Crippen molar-refractivity contribution in [2.45, 2.75) is 4.90 Å². The lowest BCUT2D eigenvalue weighted by molar-refractivity contribution is 0.481. The van der Waals surface area contributed by atoms with E-state index in [4.69, 9.17) is 6.57 Å². The molecule has 0 radical (unpaired) electrons. The molecule has 0 aliphatic rings. The molecule has 3 rings (SSSR count). The highest BCUT2D eigenvalue weighted by atomic mass is 32.2. The zero-order valence-corrected chi connectivity index (χ0v) is 13.6. The minimum absolute atomic E-state index is 0.0907. The van der Waals surface area contributed by atoms with Crippen LogP contribution in [-0.4, -0.2) is 23.5 Å². The van der Waals surface area contributed by atoms with Crippen molar-refractivity contribution >= 4 is 33.0 Å². The third kappa shape index (κ3) is 3.54. The van der Waals surface area contributed by atoms with Crippen LogP contribution >= 0.6 is 0 Å². The first kappa shape index (κ1) is 16.4. The molecule has 126 valence electrons. The Morgan fingerprint density at radius 3 is 2.60 bits per heavy atom. The summed E-state index contributed by atoms with van der Waals surface area (Å²) in [5.74, 6) is 0.0448. The molecule has 1 heterocycles. The SMILES string of the molecule is [C-]#[N+]c1cc(NS(=O)(=O)c2ccccc2)cc(Nc2ncc[nH]2)c1O. The van der Waals surface area contributed by atoms with Crippen molar-refractivity contribution in [2.75, 3.05) is 10.0 Å². The van der Waals surface area contributed by atoms with Crippen LogP contribution in [0.15, 0.2) is 59.8 Å². The number of nitrogens with one attached hydrogen (secondary N) is 3. The van der Waals surface area contributed by atoms with Crippen molar-refractivity contribution in [1.82, 2.24) is 9.97 Å². The Hall–Kier alpha value is -3.51.